The van der Waals surface area contributed by atoms with Crippen LogP contribution in [0.3, 0.4) is 0 Å². The third kappa shape index (κ3) is 4.29. The molecule has 3 aromatic rings. The molecule has 0 bridgehead atoms. The molecule has 0 spiro atoms. The fourth-order valence-electron chi connectivity index (χ4n) is 3.38. The summed E-state index contributed by atoms with van der Waals surface area (Å²) in [6.45, 7) is 7.40. The van der Waals surface area contributed by atoms with E-state index in [1.165, 1.54) is 0 Å². The lowest BCUT2D eigenvalue weighted by atomic mass is 10.0. The van der Waals surface area contributed by atoms with Crippen LogP contribution in [0.4, 0.5) is 10.6 Å². The SMILES string of the molecule is CC(C)(C)OC(=O)N1CC(COc2cc3ccccc3cc2-c2cc(N)n[nH]2)C1. The quantitative estimate of drug-likeness (QED) is 0.696. The van der Waals surface area contributed by atoms with E-state index < -0.39 is 5.60 Å². The molecule has 7 heteroatoms. The van der Waals surface area contributed by atoms with Gasteiger partial charge in [0, 0.05) is 30.6 Å². The number of amides is 1. The number of hydrogen-bond donors (Lipinski definition) is 2. The molecule has 4 rings (SSSR count). The van der Waals surface area contributed by atoms with E-state index in [0.29, 0.717) is 25.5 Å². The highest BCUT2D eigenvalue weighted by Crippen LogP contribution is 2.34. The second kappa shape index (κ2) is 7.31. The molecule has 1 amide bonds. The maximum Gasteiger partial charge on any atom is 0.410 e. The van der Waals surface area contributed by atoms with E-state index in [4.69, 9.17) is 15.2 Å². The summed E-state index contributed by atoms with van der Waals surface area (Å²) >= 11 is 0. The van der Waals surface area contributed by atoms with Crippen molar-refractivity contribution in [3.8, 4) is 17.0 Å². The van der Waals surface area contributed by atoms with Crippen molar-refractivity contribution < 1.29 is 14.3 Å². The van der Waals surface area contributed by atoms with Gasteiger partial charge in [-0.3, -0.25) is 5.10 Å². The van der Waals surface area contributed by atoms with Gasteiger partial charge in [0.15, 0.2) is 0 Å². The van der Waals surface area contributed by atoms with Gasteiger partial charge in [0.1, 0.15) is 17.2 Å². The van der Waals surface area contributed by atoms with E-state index in [9.17, 15) is 4.79 Å². The number of likely N-dealkylation sites (tertiary alicyclic amines) is 1. The van der Waals surface area contributed by atoms with Gasteiger partial charge in [0.25, 0.3) is 0 Å². The highest BCUT2D eigenvalue weighted by molar-refractivity contribution is 5.90. The minimum Gasteiger partial charge on any atom is -0.492 e. The minimum atomic E-state index is -0.482. The number of fused-ring (bicyclic) bond motifs is 1. The van der Waals surface area contributed by atoms with Gasteiger partial charge in [-0.15, -0.1) is 0 Å². The van der Waals surface area contributed by atoms with Gasteiger partial charge in [-0.25, -0.2) is 4.79 Å². The zero-order valence-corrected chi connectivity index (χ0v) is 16.9. The van der Waals surface area contributed by atoms with Crippen LogP contribution in [-0.2, 0) is 4.74 Å². The van der Waals surface area contributed by atoms with Crippen LogP contribution in [0.25, 0.3) is 22.0 Å². The number of benzene rings is 2. The molecule has 0 saturated carbocycles. The van der Waals surface area contributed by atoms with Crippen LogP contribution in [0.5, 0.6) is 5.75 Å². The first-order valence-corrected chi connectivity index (χ1v) is 9.73. The zero-order valence-electron chi connectivity index (χ0n) is 16.9. The monoisotopic (exact) mass is 394 g/mol. The summed E-state index contributed by atoms with van der Waals surface area (Å²) in [6.07, 6.45) is -0.270. The van der Waals surface area contributed by atoms with Crippen molar-refractivity contribution in [2.75, 3.05) is 25.4 Å². The molecule has 0 atom stereocenters. The van der Waals surface area contributed by atoms with Crippen molar-refractivity contribution in [1.29, 1.82) is 0 Å². The average Bonchev–Trinajstić information content (AvgIpc) is 3.04. The van der Waals surface area contributed by atoms with Crippen LogP contribution in [-0.4, -0.2) is 46.5 Å². The number of hydrogen-bond acceptors (Lipinski definition) is 5. The molecule has 1 aromatic heterocycles. The van der Waals surface area contributed by atoms with Gasteiger partial charge < -0.3 is 20.1 Å². The Labute approximate surface area is 169 Å². The van der Waals surface area contributed by atoms with Gasteiger partial charge >= 0.3 is 6.09 Å². The summed E-state index contributed by atoms with van der Waals surface area (Å²) in [5, 5.41) is 9.21. The van der Waals surface area contributed by atoms with E-state index in [1.807, 2.05) is 39.0 Å². The number of anilines is 1. The predicted octanol–water partition coefficient (Wildman–Crippen LogP) is 4.06. The third-order valence-electron chi connectivity index (χ3n) is 4.82. The molecule has 29 heavy (non-hydrogen) atoms. The molecule has 2 aromatic carbocycles. The number of carbonyl (C=O) groups excluding carboxylic acids is 1. The minimum absolute atomic E-state index is 0.270. The van der Waals surface area contributed by atoms with Gasteiger partial charge in [0.2, 0.25) is 0 Å². The zero-order chi connectivity index (χ0) is 20.6. The molecule has 0 unspecified atom stereocenters. The number of ether oxygens (including phenoxy) is 2. The Kier molecular flexibility index (Phi) is 4.82. The van der Waals surface area contributed by atoms with Crippen LogP contribution < -0.4 is 10.5 Å². The predicted molar refractivity (Wildman–Crippen MR) is 113 cm³/mol. The van der Waals surface area contributed by atoms with Crippen LogP contribution in [0.15, 0.2) is 42.5 Å². The molecule has 0 aliphatic carbocycles. The van der Waals surface area contributed by atoms with Crippen molar-refractivity contribution in [3.63, 3.8) is 0 Å². The standard InChI is InChI=1S/C22H26N4O3/c1-22(2,3)29-21(27)26-11-14(12-26)13-28-19-9-16-7-5-4-6-15(16)8-17(19)18-10-20(23)25-24-18/h4-10,14H,11-13H2,1-3H3,(H3,23,24,25). The first-order valence-electron chi connectivity index (χ1n) is 9.73. The van der Waals surface area contributed by atoms with Crippen molar-refractivity contribution in [2.45, 2.75) is 26.4 Å². The van der Waals surface area contributed by atoms with Crippen molar-refractivity contribution in [1.82, 2.24) is 15.1 Å². The maximum absolute atomic E-state index is 12.1. The number of aromatic amines is 1. The number of nitrogen functional groups attached to an aromatic ring is 1. The molecule has 1 fully saturated rings. The largest absolute Gasteiger partial charge is 0.492 e. The Morgan fingerprint density at radius 3 is 2.52 bits per heavy atom. The normalized spacial score (nSPS) is 14.7. The number of H-pyrrole nitrogens is 1. The van der Waals surface area contributed by atoms with Crippen molar-refractivity contribution >= 4 is 22.7 Å². The Hall–Kier alpha value is -3.22. The summed E-state index contributed by atoms with van der Waals surface area (Å²) < 4.78 is 11.6. The molecule has 7 nitrogen and oxygen atoms in total. The maximum atomic E-state index is 12.1. The summed E-state index contributed by atoms with van der Waals surface area (Å²) in [4.78, 5) is 13.8. The van der Waals surface area contributed by atoms with Crippen molar-refractivity contribution in [2.24, 2.45) is 5.92 Å². The van der Waals surface area contributed by atoms with Gasteiger partial charge in [-0.2, -0.15) is 5.10 Å². The Morgan fingerprint density at radius 2 is 1.90 bits per heavy atom. The second-order valence-electron chi connectivity index (χ2n) is 8.46. The van der Waals surface area contributed by atoms with Gasteiger partial charge in [0.05, 0.1) is 12.3 Å². The summed E-state index contributed by atoms with van der Waals surface area (Å²) in [5.41, 5.74) is 7.03. The summed E-state index contributed by atoms with van der Waals surface area (Å²) in [5.74, 6) is 1.47. The smallest absolute Gasteiger partial charge is 0.410 e. The molecule has 1 saturated heterocycles. The lowest BCUT2D eigenvalue weighted by Crippen LogP contribution is -2.53. The lowest BCUT2D eigenvalue weighted by molar-refractivity contribution is -0.00777. The van der Waals surface area contributed by atoms with Crippen LogP contribution in [0.1, 0.15) is 20.8 Å². The fraction of sp³-hybridized carbons (Fsp3) is 0.364. The topological polar surface area (TPSA) is 93.5 Å². The van der Waals surface area contributed by atoms with E-state index in [1.54, 1.807) is 11.0 Å². The molecule has 1 aliphatic rings. The van der Waals surface area contributed by atoms with E-state index in [2.05, 4.69) is 28.4 Å². The van der Waals surface area contributed by atoms with Crippen molar-refractivity contribution in [3.05, 3.63) is 42.5 Å². The van der Waals surface area contributed by atoms with E-state index in [0.717, 1.165) is 27.8 Å². The van der Waals surface area contributed by atoms with E-state index >= 15 is 0 Å². The van der Waals surface area contributed by atoms with Gasteiger partial charge in [-0.1, -0.05) is 24.3 Å². The second-order valence-corrected chi connectivity index (χ2v) is 8.46. The van der Waals surface area contributed by atoms with Crippen LogP contribution in [0, 0.1) is 5.92 Å². The number of aromatic nitrogens is 2. The average molecular weight is 394 g/mol. The van der Waals surface area contributed by atoms with Gasteiger partial charge in [-0.05, 0) is 43.7 Å². The molecule has 3 N–H and O–H groups in total. The summed E-state index contributed by atoms with van der Waals surface area (Å²) in [7, 11) is 0. The number of nitrogens with one attached hydrogen (secondary N) is 1. The van der Waals surface area contributed by atoms with Crippen LogP contribution >= 0.6 is 0 Å². The number of nitrogens with zero attached hydrogens (tertiary/aromatic N) is 2. The number of rotatable bonds is 4. The first kappa shape index (κ1) is 19.1. The molecule has 152 valence electrons. The highest BCUT2D eigenvalue weighted by atomic mass is 16.6. The summed E-state index contributed by atoms with van der Waals surface area (Å²) in [6, 6.07) is 14.0. The third-order valence-corrected chi connectivity index (χ3v) is 4.82. The molecule has 2 heterocycles. The molecular weight excluding hydrogens is 368 g/mol. The first-order chi connectivity index (χ1) is 13.8. The number of carbonyl (C=O) groups is 1. The Bertz CT molecular complexity index is 1030. The fourth-order valence-corrected chi connectivity index (χ4v) is 3.38. The molecular formula is C22H26N4O3. The van der Waals surface area contributed by atoms with E-state index in [-0.39, 0.29) is 12.0 Å². The molecule has 1 aliphatic heterocycles. The Morgan fingerprint density at radius 1 is 1.21 bits per heavy atom. The van der Waals surface area contributed by atoms with Crippen LogP contribution in [0.2, 0.25) is 0 Å². The Balaban J connectivity index is 1.46. The highest BCUT2D eigenvalue weighted by Gasteiger charge is 2.34. The number of nitrogens with two attached hydrogens (primary N) is 1. The molecule has 0 radical (unpaired) electrons. The lowest BCUT2D eigenvalue weighted by Gasteiger charge is -2.39.